The molecule has 2 heterocycles. The van der Waals surface area contributed by atoms with Crippen LogP contribution >= 0.6 is 23.5 Å². The minimum absolute atomic E-state index is 0.945. The van der Waals surface area contributed by atoms with Crippen LogP contribution in [0, 0.1) is 0 Å². The Bertz CT molecular complexity index is 707. The predicted molar refractivity (Wildman–Crippen MR) is 82.0 cm³/mol. The summed E-state index contributed by atoms with van der Waals surface area (Å²) < 4.78 is 2.11. The monoisotopic (exact) mass is 287 g/mol. The molecule has 0 saturated heterocycles. The maximum atomic E-state index is 4.65. The highest BCUT2D eigenvalue weighted by Gasteiger charge is 2.11. The van der Waals surface area contributed by atoms with E-state index >= 15 is 0 Å². The van der Waals surface area contributed by atoms with Crippen molar-refractivity contribution in [3.8, 4) is 11.4 Å². The van der Waals surface area contributed by atoms with Crippen LogP contribution in [-0.4, -0.2) is 26.9 Å². The Morgan fingerprint density at radius 3 is 2.53 bits per heavy atom. The van der Waals surface area contributed by atoms with Crippen LogP contribution < -0.4 is 0 Å². The van der Waals surface area contributed by atoms with Crippen molar-refractivity contribution in [3.63, 3.8) is 0 Å². The topological polar surface area (TPSA) is 30.2 Å². The second-order valence-electron chi connectivity index (χ2n) is 3.99. The second kappa shape index (κ2) is 5.27. The van der Waals surface area contributed by atoms with E-state index < -0.39 is 0 Å². The average Bonchev–Trinajstić information content (AvgIpc) is 2.91. The molecule has 0 amide bonds. The molecular formula is C14H13N3S2. The summed E-state index contributed by atoms with van der Waals surface area (Å²) in [6.07, 6.45) is 5.99. The molecule has 1 aromatic carbocycles. The van der Waals surface area contributed by atoms with E-state index in [1.807, 2.05) is 36.9 Å². The maximum absolute atomic E-state index is 4.65. The average molecular weight is 287 g/mol. The first kappa shape index (κ1) is 12.6. The molecule has 0 aliphatic heterocycles. The Balaban J connectivity index is 2.28. The number of hydrogen-bond donors (Lipinski definition) is 0. The van der Waals surface area contributed by atoms with Gasteiger partial charge in [-0.05, 0) is 18.6 Å². The summed E-state index contributed by atoms with van der Waals surface area (Å²) in [5, 5.41) is 1.99. The van der Waals surface area contributed by atoms with E-state index in [1.165, 1.54) is 0 Å². The van der Waals surface area contributed by atoms with Gasteiger partial charge in [0, 0.05) is 5.56 Å². The molecule has 0 unspecified atom stereocenters. The molecule has 0 radical (unpaired) electrons. The quantitative estimate of drug-likeness (QED) is 0.416. The number of nitrogens with zero attached hydrogens (tertiary/aromatic N) is 3. The fraction of sp³-hybridized carbons (Fsp3) is 0.143. The molecule has 0 aliphatic rings. The Morgan fingerprint density at radius 1 is 1.05 bits per heavy atom. The van der Waals surface area contributed by atoms with Crippen LogP contribution in [0.3, 0.4) is 0 Å². The highest BCUT2D eigenvalue weighted by Crippen LogP contribution is 2.27. The molecule has 3 aromatic rings. The smallest absolute Gasteiger partial charge is 0.175 e. The van der Waals surface area contributed by atoms with Crippen LogP contribution in [0.1, 0.15) is 0 Å². The highest BCUT2D eigenvalue weighted by atomic mass is 32.2. The van der Waals surface area contributed by atoms with Gasteiger partial charge in [-0.15, -0.1) is 11.8 Å². The second-order valence-corrected chi connectivity index (χ2v) is 5.59. The standard InChI is InChI=1S/C14H13N3S2/c1-18-12-8-11-9-15-13(10-6-4-3-5-7-10)17(11)14(16-12)19-2/h3-9H,1-2H3. The van der Waals surface area contributed by atoms with Crippen molar-refractivity contribution in [3.05, 3.63) is 42.6 Å². The lowest BCUT2D eigenvalue weighted by molar-refractivity contribution is 0.854. The van der Waals surface area contributed by atoms with E-state index in [-0.39, 0.29) is 0 Å². The van der Waals surface area contributed by atoms with Crippen molar-refractivity contribution in [2.24, 2.45) is 0 Å². The number of hydrogen-bond acceptors (Lipinski definition) is 4. The minimum Gasteiger partial charge on any atom is -0.271 e. The molecule has 0 bridgehead atoms. The summed E-state index contributed by atoms with van der Waals surface area (Å²) >= 11 is 3.29. The van der Waals surface area contributed by atoms with Crippen LogP contribution in [0.4, 0.5) is 0 Å². The molecule has 3 rings (SSSR count). The molecule has 0 aliphatic carbocycles. The fourth-order valence-electron chi connectivity index (χ4n) is 2.00. The van der Waals surface area contributed by atoms with Gasteiger partial charge in [-0.25, -0.2) is 9.97 Å². The van der Waals surface area contributed by atoms with Crippen molar-refractivity contribution >= 4 is 29.0 Å². The summed E-state index contributed by atoms with van der Waals surface area (Å²) in [4.78, 5) is 9.20. The van der Waals surface area contributed by atoms with E-state index in [9.17, 15) is 0 Å². The van der Waals surface area contributed by atoms with Gasteiger partial charge in [0.25, 0.3) is 0 Å². The number of benzene rings is 1. The van der Waals surface area contributed by atoms with Crippen LogP contribution in [0.15, 0.2) is 52.8 Å². The number of thioether (sulfide) groups is 2. The predicted octanol–water partition coefficient (Wildman–Crippen LogP) is 3.84. The maximum Gasteiger partial charge on any atom is 0.175 e. The summed E-state index contributed by atoms with van der Waals surface area (Å²) in [7, 11) is 0. The minimum atomic E-state index is 0.945. The van der Waals surface area contributed by atoms with Gasteiger partial charge in [-0.2, -0.15) is 0 Å². The van der Waals surface area contributed by atoms with Crippen molar-refractivity contribution in [2.75, 3.05) is 12.5 Å². The molecular weight excluding hydrogens is 274 g/mol. The Kier molecular flexibility index (Phi) is 3.48. The van der Waals surface area contributed by atoms with Gasteiger partial charge >= 0.3 is 0 Å². The molecule has 0 N–H and O–H groups in total. The van der Waals surface area contributed by atoms with Gasteiger partial charge in [0.15, 0.2) is 5.16 Å². The number of fused-ring (bicyclic) bond motifs is 1. The molecule has 0 spiro atoms. The van der Waals surface area contributed by atoms with Crippen molar-refractivity contribution in [2.45, 2.75) is 10.2 Å². The lowest BCUT2D eigenvalue weighted by Crippen LogP contribution is -1.97. The molecule has 19 heavy (non-hydrogen) atoms. The summed E-state index contributed by atoms with van der Waals surface area (Å²) in [6.45, 7) is 0. The van der Waals surface area contributed by atoms with Gasteiger partial charge in [0.05, 0.1) is 11.7 Å². The first-order valence-corrected chi connectivity index (χ1v) is 8.30. The number of aromatic nitrogens is 3. The fourth-order valence-corrected chi connectivity index (χ4v) is 3.04. The molecule has 2 aromatic heterocycles. The lowest BCUT2D eigenvalue weighted by atomic mass is 10.2. The number of imidazole rings is 1. The van der Waals surface area contributed by atoms with Gasteiger partial charge in [-0.3, -0.25) is 4.40 Å². The van der Waals surface area contributed by atoms with Crippen LogP contribution in [0.25, 0.3) is 16.9 Å². The molecule has 0 fully saturated rings. The molecule has 3 nitrogen and oxygen atoms in total. The third kappa shape index (κ3) is 2.24. The Morgan fingerprint density at radius 2 is 1.84 bits per heavy atom. The molecule has 5 heteroatoms. The van der Waals surface area contributed by atoms with E-state index in [0.717, 1.165) is 27.1 Å². The zero-order valence-electron chi connectivity index (χ0n) is 10.7. The lowest BCUT2D eigenvalue weighted by Gasteiger charge is -2.07. The number of rotatable bonds is 3. The van der Waals surface area contributed by atoms with Gasteiger partial charge in [-0.1, -0.05) is 42.1 Å². The van der Waals surface area contributed by atoms with Crippen LogP contribution in [0.5, 0.6) is 0 Å². The van der Waals surface area contributed by atoms with Crippen molar-refractivity contribution in [1.82, 2.24) is 14.4 Å². The molecule has 0 atom stereocenters. The van der Waals surface area contributed by atoms with Crippen LogP contribution in [-0.2, 0) is 0 Å². The van der Waals surface area contributed by atoms with Gasteiger partial charge < -0.3 is 0 Å². The Hall–Kier alpha value is -1.46. The first-order valence-electron chi connectivity index (χ1n) is 5.85. The van der Waals surface area contributed by atoms with E-state index in [2.05, 4.69) is 32.6 Å². The molecule has 0 saturated carbocycles. The SMILES string of the molecule is CSc1cc2cnc(-c3ccccc3)n2c(SC)n1. The zero-order chi connectivity index (χ0) is 13.2. The van der Waals surface area contributed by atoms with E-state index in [0.29, 0.717) is 0 Å². The van der Waals surface area contributed by atoms with E-state index in [1.54, 1.807) is 23.5 Å². The molecule has 96 valence electrons. The zero-order valence-corrected chi connectivity index (χ0v) is 12.3. The summed E-state index contributed by atoms with van der Waals surface area (Å²) in [5.41, 5.74) is 2.19. The normalized spacial score (nSPS) is 11.1. The van der Waals surface area contributed by atoms with Crippen LogP contribution in [0.2, 0.25) is 0 Å². The highest BCUT2D eigenvalue weighted by molar-refractivity contribution is 7.99. The van der Waals surface area contributed by atoms with Crippen molar-refractivity contribution < 1.29 is 0 Å². The van der Waals surface area contributed by atoms with Crippen molar-refractivity contribution in [1.29, 1.82) is 0 Å². The summed E-state index contributed by atoms with van der Waals surface area (Å²) in [5.74, 6) is 0.945. The Labute approximate surface area is 120 Å². The van der Waals surface area contributed by atoms with E-state index in [4.69, 9.17) is 0 Å². The third-order valence-corrected chi connectivity index (χ3v) is 4.15. The summed E-state index contributed by atoms with van der Waals surface area (Å²) in [6, 6.07) is 12.3. The third-order valence-electron chi connectivity index (χ3n) is 2.88. The van der Waals surface area contributed by atoms with Gasteiger partial charge in [0.2, 0.25) is 0 Å². The first-order chi connectivity index (χ1) is 9.33. The van der Waals surface area contributed by atoms with Gasteiger partial charge in [0.1, 0.15) is 10.9 Å². The largest absolute Gasteiger partial charge is 0.271 e.